The van der Waals surface area contributed by atoms with Crippen LogP contribution in [0.3, 0.4) is 0 Å². The summed E-state index contributed by atoms with van der Waals surface area (Å²) in [7, 11) is 0. The van der Waals surface area contributed by atoms with E-state index in [1.807, 2.05) is 0 Å². The van der Waals surface area contributed by atoms with Crippen molar-refractivity contribution in [2.24, 2.45) is 11.8 Å². The van der Waals surface area contributed by atoms with E-state index in [4.69, 9.17) is 0 Å². The number of halogens is 13. The standard InChI is InChI=1S/C14H15F13O2/c1-6(2)5-29-8(28)7(3)4-9(15,16)10(17,18)11(19,20)12(21,22)13(23,24)14(25,26)27/h6-7H,4-5H2,1-3H3. The molecule has 0 spiro atoms. The molecule has 0 rings (SSSR count). The third-order valence-electron chi connectivity index (χ3n) is 3.52. The Kier molecular flexibility index (Phi) is 7.61. The van der Waals surface area contributed by atoms with Gasteiger partial charge in [0.15, 0.2) is 0 Å². The number of carbonyl (C=O) groups is 1. The van der Waals surface area contributed by atoms with Crippen LogP contribution < -0.4 is 0 Å². The number of rotatable bonds is 9. The van der Waals surface area contributed by atoms with Crippen molar-refractivity contribution >= 4 is 5.97 Å². The molecule has 2 nitrogen and oxygen atoms in total. The van der Waals surface area contributed by atoms with Crippen molar-refractivity contribution in [2.45, 2.75) is 63.0 Å². The Balaban J connectivity index is 5.90. The third kappa shape index (κ3) is 4.84. The highest BCUT2D eigenvalue weighted by molar-refractivity contribution is 5.72. The third-order valence-corrected chi connectivity index (χ3v) is 3.52. The number of esters is 1. The molecule has 1 atom stereocenters. The molecule has 0 amide bonds. The van der Waals surface area contributed by atoms with Gasteiger partial charge in [0.2, 0.25) is 0 Å². The quantitative estimate of drug-likeness (QED) is 0.313. The fourth-order valence-electron chi connectivity index (χ4n) is 1.79. The molecule has 0 aliphatic carbocycles. The van der Waals surface area contributed by atoms with E-state index in [1.165, 1.54) is 13.8 Å². The van der Waals surface area contributed by atoms with Crippen molar-refractivity contribution in [1.82, 2.24) is 0 Å². The van der Waals surface area contributed by atoms with E-state index in [0.29, 0.717) is 6.92 Å². The molecule has 0 N–H and O–H groups in total. The first-order chi connectivity index (χ1) is 12.5. The van der Waals surface area contributed by atoms with E-state index in [-0.39, 0.29) is 5.92 Å². The Hall–Kier alpha value is -1.44. The zero-order chi connectivity index (χ0) is 23.9. The maximum atomic E-state index is 13.6. The molecular formula is C14H15F13O2. The summed E-state index contributed by atoms with van der Waals surface area (Å²) in [4.78, 5) is 11.4. The summed E-state index contributed by atoms with van der Waals surface area (Å²) < 4.78 is 173. The summed E-state index contributed by atoms with van der Waals surface area (Å²) in [5.74, 6) is -41.6. The van der Waals surface area contributed by atoms with E-state index in [1.54, 1.807) is 0 Å². The molecule has 0 aliphatic rings. The van der Waals surface area contributed by atoms with Gasteiger partial charge < -0.3 is 4.74 Å². The van der Waals surface area contributed by atoms with Crippen molar-refractivity contribution < 1.29 is 66.6 Å². The molecule has 0 aromatic carbocycles. The molecule has 0 heterocycles. The molecule has 0 fully saturated rings. The number of hydrogen-bond acceptors (Lipinski definition) is 2. The van der Waals surface area contributed by atoms with Crippen LogP contribution in [0.15, 0.2) is 0 Å². The second-order valence-corrected chi connectivity index (χ2v) is 6.63. The minimum Gasteiger partial charge on any atom is -0.465 e. The van der Waals surface area contributed by atoms with Gasteiger partial charge >= 0.3 is 41.8 Å². The van der Waals surface area contributed by atoms with Gasteiger partial charge in [-0.2, -0.15) is 57.1 Å². The number of alkyl halides is 13. The Morgan fingerprint density at radius 3 is 1.41 bits per heavy atom. The number of carbonyl (C=O) groups excluding carboxylic acids is 1. The molecule has 0 saturated carbocycles. The molecule has 0 aromatic heterocycles. The Labute approximate surface area is 155 Å². The van der Waals surface area contributed by atoms with Crippen LogP contribution >= 0.6 is 0 Å². The summed E-state index contributed by atoms with van der Waals surface area (Å²) in [6.45, 7) is 2.96. The van der Waals surface area contributed by atoms with Gasteiger partial charge in [0.25, 0.3) is 0 Å². The molecule has 0 radical (unpaired) electrons. The average Bonchev–Trinajstić information content (AvgIpc) is 2.49. The lowest BCUT2D eigenvalue weighted by molar-refractivity contribution is -0.440. The first kappa shape index (κ1) is 27.6. The smallest absolute Gasteiger partial charge is 0.460 e. The van der Waals surface area contributed by atoms with Crippen LogP contribution in [-0.2, 0) is 9.53 Å². The van der Waals surface area contributed by atoms with E-state index >= 15 is 0 Å². The summed E-state index contributed by atoms with van der Waals surface area (Å²) >= 11 is 0. The molecule has 0 aromatic rings. The maximum Gasteiger partial charge on any atom is 0.460 e. The zero-order valence-corrected chi connectivity index (χ0v) is 14.8. The van der Waals surface area contributed by atoms with Crippen molar-refractivity contribution in [1.29, 1.82) is 0 Å². The van der Waals surface area contributed by atoms with Gasteiger partial charge in [0.05, 0.1) is 12.5 Å². The van der Waals surface area contributed by atoms with Gasteiger partial charge in [0.1, 0.15) is 0 Å². The Bertz CT molecular complexity index is 581. The van der Waals surface area contributed by atoms with Gasteiger partial charge in [-0.25, -0.2) is 0 Å². The molecule has 174 valence electrons. The summed E-state index contributed by atoms with van der Waals surface area (Å²) in [6, 6.07) is 0. The average molecular weight is 462 g/mol. The normalized spacial score (nSPS) is 16.2. The van der Waals surface area contributed by atoms with Gasteiger partial charge in [-0.15, -0.1) is 0 Å². The van der Waals surface area contributed by atoms with Gasteiger partial charge in [-0.3, -0.25) is 4.79 Å². The summed E-state index contributed by atoms with van der Waals surface area (Å²) in [5, 5.41) is 0. The SMILES string of the molecule is CC(C)COC(=O)C(C)CC(F)(F)C(F)(F)C(F)(F)C(F)(F)C(F)(F)C(F)(F)F. The predicted molar refractivity (Wildman–Crippen MR) is 70.4 cm³/mol. The Morgan fingerprint density at radius 1 is 0.690 bits per heavy atom. The van der Waals surface area contributed by atoms with E-state index in [2.05, 4.69) is 4.74 Å². The first-order valence-electron chi connectivity index (χ1n) is 7.59. The van der Waals surface area contributed by atoms with Gasteiger partial charge in [-0.05, 0) is 5.92 Å². The van der Waals surface area contributed by atoms with Gasteiger partial charge in [-0.1, -0.05) is 20.8 Å². The number of hydrogen-bond donors (Lipinski definition) is 0. The van der Waals surface area contributed by atoms with Crippen LogP contribution in [-0.4, -0.2) is 48.4 Å². The van der Waals surface area contributed by atoms with E-state index in [0.717, 1.165) is 0 Å². The lowest BCUT2D eigenvalue weighted by atomic mass is 9.89. The second-order valence-electron chi connectivity index (χ2n) is 6.63. The van der Waals surface area contributed by atoms with Crippen LogP contribution in [0.5, 0.6) is 0 Å². The molecular weight excluding hydrogens is 447 g/mol. The second kappa shape index (κ2) is 8.00. The van der Waals surface area contributed by atoms with Crippen molar-refractivity contribution in [2.75, 3.05) is 6.61 Å². The lowest BCUT2D eigenvalue weighted by Gasteiger charge is -2.40. The molecule has 1 unspecified atom stereocenters. The molecule has 0 bridgehead atoms. The minimum atomic E-state index is -7.95. The van der Waals surface area contributed by atoms with Crippen LogP contribution in [0.1, 0.15) is 27.2 Å². The van der Waals surface area contributed by atoms with Crippen molar-refractivity contribution in [3.63, 3.8) is 0 Å². The lowest BCUT2D eigenvalue weighted by Crippen LogP contribution is -2.70. The first-order valence-corrected chi connectivity index (χ1v) is 7.59. The summed E-state index contributed by atoms with van der Waals surface area (Å²) in [5.41, 5.74) is 0. The maximum absolute atomic E-state index is 13.6. The zero-order valence-electron chi connectivity index (χ0n) is 14.8. The Morgan fingerprint density at radius 2 is 1.07 bits per heavy atom. The fraction of sp³-hybridized carbons (Fsp3) is 0.929. The van der Waals surface area contributed by atoms with Crippen molar-refractivity contribution in [3.8, 4) is 0 Å². The monoisotopic (exact) mass is 462 g/mol. The minimum absolute atomic E-state index is 0.374. The van der Waals surface area contributed by atoms with Crippen LogP contribution in [0.2, 0.25) is 0 Å². The van der Waals surface area contributed by atoms with Crippen molar-refractivity contribution in [3.05, 3.63) is 0 Å². The highest BCUT2D eigenvalue weighted by Crippen LogP contribution is 2.60. The molecule has 0 saturated heterocycles. The van der Waals surface area contributed by atoms with E-state index < -0.39 is 60.7 Å². The van der Waals surface area contributed by atoms with Crippen LogP contribution in [0.25, 0.3) is 0 Å². The number of ether oxygens (including phenoxy) is 1. The molecule has 15 heteroatoms. The highest BCUT2D eigenvalue weighted by Gasteiger charge is 2.90. The predicted octanol–water partition coefficient (Wildman–Crippen LogP) is 5.95. The fourth-order valence-corrected chi connectivity index (χ4v) is 1.79. The molecule has 29 heavy (non-hydrogen) atoms. The van der Waals surface area contributed by atoms with Crippen LogP contribution in [0.4, 0.5) is 57.1 Å². The van der Waals surface area contributed by atoms with Crippen LogP contribution in [0, 0.1) is 11.8 Å². The van der Waals surface area contributed by atoms with Gasteiger partial charge in [0, 0.05) is 6.42 Å². The topological polar surface area (TPSA) is 26.3 Å². The molecule has 0 aliphatic heterocycles. The largest absolute Gasteiger partial charge is 0.465 e. The van der Waals surface area contributed by atoms with E-state index in [9.17, 15) is 61.9 Å². The summed E-state index contributed by atoms with van der Waals surface area (Å²) in [6.07, 6.45) is -10.1. The highest BCUT2D eigenvalue weighted by atomic mass is 19.4.